The molecule has 2 unspecified atom stereocenters. The Morgan fingerprint density at radius 2 is 1.80 bits per heavy atom. The van der Waals surface area contributed by atoms with Crippen molar-refractivity contribution in [3.8, 4) is 23.8 Å². The monoisotopic (exact) mass is 403 g/mol. The number of benzene rings is 2. The van der Waals surface area contributed by atoms with Gasteiger partial charge in [0.15, 0.2) is 0 Å². The van der Waals surface area contributed by atoms with Gasteiger partial charge < -0.3 is 4.74 Å². The molecule has 3 aromatic rings. The van der Waals surface area contributed by atoms with Gasteiger partial charge in [-0.05, 0) is 31.5 Å². The van der Waals surface area contributed by atoms with Crippen molar-refractivity contribution in [2.24, 2.45) is 10.9 Å². The molecular formula is C22H15F2N5O. The Balaban J connectivity index is 1.80. The van der Waals surface area contributed by atoms with Crippen LogP contribution in [0.1, 0.15) is 25.3 Å². The molecule has 1 aromatic heterocycles. The fraction of sp³-hybridized carbons (Fsp3) is 0.182. The van der Waals surface area contributed by atoms with Crippen LogP contribution in [0.5, 0.6) is 11.6 Å². The largest absolute Gasteiger partial charge is 0.437 e. The van der Waals surface area contributed by atoms with Crippen LogP contribution >= 0.6 is 0 Å². The zero-order valence-corrected chi connectivity index (χ0v) is 16.1. The molecule has 1 N–H and O–H groups in total. The summed E-state index contributed by atoms with van der Waals surface area (Å²) >= 11 is 0. The third-order valence-electron chi connectivity index (χ3n) is 5.05. The van der Waals surface area contributed by atoms with Crippen LogP contribution in [0, 0.1) is 40.2 Å². The second-order valence-electron chi connectivity index (χ2n) is 6.99. The highest BCUT2D eigenvalue weighted by atomic mass is 19.1. The van der Waals surface area contributed by atoms with Crippen molar-refractivity contribution in [2.75, 3.05) is 0 Å². The van der Waals surface area contributed by atoms with Crippen molar-refractivity contribution in [1.82, 2.24) is 10.2 Å². The number of aromatic nitrogens is 2. The van der Waals surface area contributed by atoms with Crippen molar-refractivity contribution in [3.05, 3.63) is 64.9 Å². The number of nitriles is 2. The van der Waals surface area contributed by atoms with Crippen LogP contribution in [0.15, 0.2) is 52.7 Å². The smallest absolute Gasteiger partial charge is 0.245 e. The van der Waals surface area contributed by atoms with E-state index in [4.69, 9.17) is 4.74 Å². The van der Waals surface area contributed by atoms with E-state index in [1.165, 1.54) is 0 Å². The molecule has 2 heterocycles. The SMILES string of the molecule is CC1=NC(C)=C(C#N)C(c2ccc3[nH]nc(Oc4cc(F)cc(F)c4)c3c2)C1C#N. The lowest BCUT2D eigenvalue weighted by Crippen LogP contribution is -2.24. The van der Waals surface area contributed by atoms with E-state index in [9.17, 15) is 19.3 Å². The number of ether oxygens (including phenoxy) is 1. The summed E-state index contributed by atoms with van der Waals surface area (Å²) in [5, 5.41) is 26.8. The summed E-state index contributed by atoms with van der Waals surface area (Å²) in [6.45, 7) is 3.51. The standard InChI is InChI=1S/C22H15F2N5O/c1-11-18(9-25)21(19(10-26)12(2)27-11)13-3-4-20-17(5-13)22(29-28-20)30-16-7-14(23)6-15(24)8-16/h3-8,18,21H,1-2H3,(H,28,29). The Morgan fingerprint density at radius 1 is 1.07 bits per heavy atom. The number of halogens is 2. The van der Waals surface area contributed by atoms with Crippen LogP contribution in [0.2, 0.25) is 0 Å². The van der Waals surface area contributed by atoms with Crippen LogP contribution < -0.4 is 4.74 Å². The van der Waals surface area contributed by atoms with E-state index in [1.807, 2.05) is 6.07 Å². The number of hydrogen-bond acceptors (Lipinski definition) is 5. The predicted octanol–water partition coefficient (Wildman–Crippen LogP) is 5.13. The number of allylic oxidation sites excluding steroid dienone is 2. The maximum absolute atomic E-state index is 13.5. The molecule has 0 fully saturated rings. The van der Waals surface area contributed by atoms with Crippen LogP contribution in [0.25, 0.3) is 10.9 Å². The summed E-state index contributed by atoms with van der Waals surface area (Å²) in [4.78, 5) is 4.34. The Bertz CT molecular complexity index is 1290. The molecule has 0 amide bonds. The normalized spacial score (nSPS) is 18.7. The molecule has 0 spiro atoms. The van der Waals surface area contributed by atoms with Crippen LogP contribution in [-0.4, -0.2) is 15.9 Å². The molecule has 0 bridgehead atoms. The minimum atomic E-state index is -0.765. The van der Waals surface area contributed by atoms with Crippen molar-refractivity contribution in [2.45, 2.75) is 19.8 Å². The maximum atomic E-state index is 13.5. The third-order valence-corrected chi connectivity index (χ3v) is 5.05. The predicted molar refractivity (Wildman–Crippen MR) is 106 cm³/mol. The molecule has 148 valence electrons. The van der Waals surface area contributed by atoms with E-state index in [-0.39, 0.29) is 11.6 Å². The molecule has 6 nitrogen and oxygen atoms in total. The summed E-state index contributed by atoms with van der Waals surface area (Å²) < 4.78 is 32.6. The lowest BCUT2D eigenvalue weighted by atomic mass is 9.77. The highest BCUT2D eigenvalue weighted by Gasteiger charge is 2.34. The average Bonchev–Trinajstić information content (AvgIpc) is 3.08. The van der Waals surface area contributed by atoms with E-state index in [1.54, 1.807) is 26.0 Å². The van der Waals surface area contributed by atoms with E-state index in [0.717, 1.165) is 23.8 Å². The first-order valence-corrected chi connectivity index (χ1v) is 9.09. The number of aliphatic imine (C=N–C) groups is 1. The third kappa shape index (κ3) is 3.29. The number of aromatic amines is 1. The Kier molecular flexibility index (Phi) is 4.77. The van der Waals surface area contributed by atoms with Gasteiger partial charge >= 0.3 is 0 Å². The van der Waals surface area contributed by atoms with E-state index >= 15 is 0 Å². The van der Waals surface area contributed by atoms with Gasteiger partial charge in [-0.15, -0.1) is 5.10 Å². The lowest BCUT2D eigenvalue weighted by molar-refractivity contribution is 0.454. The molecule has 0 saturated carbocycles. The second kappa shape index (κ2) is 7.41. The number of nitrogens with one attached hydrogen (secondary N) is 1. The van der Waals surface area contributed by atoms with Gasteiger partial charge in [-0.2, -0.15) is 10.5 Å². The van der Waals surface area contributed by atoms with Crippen molar-refractivity contribution in [3.63, 3.8) is 0 Å². The summed E-state index contributed by atoms with van der Waals surface area (Å²) in [5.74, 6) is -2.51. The molecule has 0 aliphatic carbocycles. The fourth-order valence-corrected chi connectivity index (χ4v) is 3.68. The molecule has 8 heteroatoms. The molecule has 1 aliphatic heterocycles. The van der Waals surface area contributed by atoms with Gasteiger partial charge in [0.1, 0.15) is 17.4 Å². The van der Waals surface area contributed by atoms with Gasteiger partial charge in [0.2, 0.25) is 5.88 Å². The Hall–Kier alpha value is -4.04. The molecule has 0 saturated heterocycles. The lowest BCUT2D eigenvalue weighted by Gasteiger charge is -2.26. The summed E-state index contributed by atoms with van der Waals surface area (Å²) in [6.07, 6.45) is 0. The minimum absolute atomic E-state index is 0.0321. The van der Waals surface area contributed by atoms with E-state index in [2.05, 4.69) is 27.3 Å². The van der Waals surface area contributed by atoms with Gasteiger partial charge in [-0.3, -0.25) is 10.1 Å². The van der Waals surface area contributed by atoms with Gasteiger partial charge in [0, 0.05) is 29.8 Å². The zero-order valence-electron chi connectivity index (χ0n) is 16.1. The Morgan fingerprint density at radius 3 is 2.47 bits per heavy atom. The zero-order chi connectivity index (χ0) is 21.4. The number of H-pyrrole nitrogens is 1. The molecule has 4 rings (SSSR count). The topological polar surface area (TPSA) is 97.8 Å². The van der Waals surface area contributed by atoms with Crippen molar-refractivity contribution in [1.29, 1.82) is 10.5 Å². The van der Waals surface area contributed by atoms with Crippen LogP contribution in [-0.2, 0) is 0 Å². The molecule has 0 radical (unpaired) electrons. The molecular weight excluding hydrogens is 388 g/mol. The summed E-state index contributed by atoms with van der Waals surface area (Å²) in [6, 6.07) is 12.6. The first-order chi connectivity index (χ1) is 14.4. The number of fused-ring (bicyclic) bond motifs is 1. The first kappa shape index (κ1) is 19.3. The van der Waals surface area contributed by atoms with Crippen LogP contribution in [0.3, 0.4) is 0 Å². The molecule has 1 aliphatic rings. The molecule has 2 atom stereocenters. The fourth-order valence-electron chi connectivity index (χ4n) is 3.68. The Labute approximate surface area is 170 Å². The maximum Gasteiger partial charge on any atom is 0.245 e. The minimum Gasteiger partial charge on any atom is -0.437 e. The highest BCUT2D eigenvalue weighted by molar-refractivity contribution is 5.91. The number of nitrogens with zero attached hydrogens (tertiary/aromatic N) is 4. The summed E-state index contributed by atoms with van der Waals surface area (Å²) in [5.41, 5.74) is 2.99. The highest BCUT2D eigenvalue weighted by Crippen LogP contribution is 2.40. The molecule has 2 aromatic carbocycles. The van der Waals surface area contributed by atoms with Gasteiger partial charge in [-0.25, -0.2) is 8.78 Å². The average molecular weight is 403 g/mol. The van der Waals surface area contributed by atoms with Crippen LogP contribution in [0.4, 0.5) is 8.78 Å². The van der Waals surface area contributed by atoms with Gasteiger partial charge in [0.25, 0.3) is 0 Å². The van der Waals surface area contributed by atoms with Gasteiger partial charge in [0.05, 0.1) is 40.2 Å². The van der Waals surface area contributed by atoms with Crippen molar-refractivity contribution < 1.29 is 13.5 Å². The van der Waals surface area contributed by atoms with E-state index in [0.29, 0.717) is 27.9 Å². The quantitative estimate of drug-likeness (QED) is 0.655. The first-order valence-electron chi connectivity index (χ1n) is 9.09. The summed E-state index contributed by atoms with van der Waals surface area (Å²) in [7, 11) is 0. The van der Waals surface area contributed by atoms with E-state index < -0.39 is 23.5 Å². The molecule has 30 heavy (non-hydrogen) atoms. The number of rotatable bonds is 3. The van der Waals surface area contributed by atoms with Gasteiger partial charge in [-0.1, -0.05) is 6.07 Å². The van der Waals surface area contributed by atoms with Crippen molar-refractivity contribution >= 4 is 16.6 Å². The second-order valence-corrected chi connectivity index (χ2v) is 6.99. The number of hydrogen-bond donors (Lipinski definition) is 1.